The van der Waals surface area contributed by atoms with Gasteiger partial charge in [-0.25, -0.2) is 4.39 Å². The van der Waals surface area contributed by atoms with Crippen molar-refractivity contribution in [3.8, 4) is 0 Å². The highest BCUT2D eigenvalue weighted by molar-refractivity contribution is 7.99. The zero-order valence-corrected chi connectivity index (χ0v) is 18.1. The van der Waals surface area contributed by atoms with Crippen LogP contribution in [0, 0.1) is 12.7 Å². The molecule has 0 spiro atoms. The Balaban J connectivity index is 1.35. The van der Waals surface area contributed by atoms with Crippen molar-refractivity contribution in [3.05, 3.63) is 65.7 Å². The van der Waals surface area contributed by atoms with Gasteiger partial charge in [-0.3, -0.25) is 4.79 Å². The summed E-state index contributed by atoms with van der Waals surface area (Å²) in [5, 5.41) is 11.8. The van der Waals surface area contributed by atoms with E-state index in [9.17, 15) is 9.18 Å². The molecule has 0 aliphatic carbocycles. The Labute approximate surface area is 184 Å². The second kappa shape index (κ2) is 9.93. The van der Waals surface area contributed by atoms with Crippen molar-refractivity contribution >= 4 is 29.0 Å². The van der Waals surface area contributed by atoms with Crippen LogP contribution in [0.4, 0.5) is 15.8 Å². The van der Waals surface area contributed by atoms with Gasteiger partial charge in [0.05, 0.1) is 31.2 Å². The number of rotatable bonds is 7. The second-order valence-electron chi connectivity index (χ2n) is 7.20. The standard InChI is InChI=1S/C22H24FN5O2S/c1-16-25-26-22(28(16)14-17-5-3-2-4-6-17)31-15-21(29)24-18-7-8-20(19(23)13-18)27-9-11-30-12-10-27/h2-8,13H,9-12,14-15H2,1H3,(H,24,29). The molecule has 2 heterocycles. The SMILES string of the molecule is Cc1nnc(SCC(=O)Nc2ccc(N3CCOCC3)c(F)c2)n1Cc1ccccc1. The van der Waals surface area contributed by atoms with Crippen LogP contribution >= 0.6 is 11.8 Å². The third-order valence-corrected chi connectivity index (χ3v) is 5.97. The molecule has 1 aliphatic rings. The maximum Gasteiger partial charge on any atom is 0.234 e. The molecule has 1 fully saturated rings. The number of nitrogens with one attached hydrogen (secondary N) is 1. The first kappa shape index (κ1) is 21.3. The van der Waals surface area contributed by atoms with E-state index in [-0.39, 0.29) is 17.5 Å². The van der Waals surface area contributed by atoms with Crippen LogP contribution in [0.2, 0.25) is 0 Å². The van der Waals surface area contributed by atoms with Gasteiger partial charge < -0.3 is 19.5 Å². The lowest BCUT2D eigenvalue weighted by Crippen LogP contribution is -2.36. The fraction of sp³-hybridized carbons (Fsp3) is 0.318. The molecule has 4 rings (SSSR count). The molecule has 7 nitrogen and oxygen atoms in total. The van der Waals surface area contributed by atoms with Crippen LogP contribution < -0.4 is 10.2 Å². The number of halogens is 1. The number of morpholine rings is 1. The van der Waals surface area contributed by atoms with Crippen molar-refractivity contribution in [1.29, 1.82) is 0 Å². The van der Waals surface area contributed by atoms with Crippen LogP contribution in [0.5, 0.6) is 0 Å². The van der Waals surface area contributed by atoms with E-state index in [2.05, 4.69) is 15.5 Å². The minimum atomic E-state index is -0.356. The normalized spacial score (nSPS) is 13.9. The zero-order chi connectivity index (χ0) is 21.6. The van der Waals surface area contributed by atoms with Crippen molar-refractivity contribution in [1.82, 2.24) is 14.8 Å². The van der Waals surface area contributed by atoms with Crippen LogP contribution in [0.3, 0.4) is 0 Å². The Bertz CT molecular complexity index is 1040. The third kappa shape index (κ3) is 5.42. The van der Waals surface area contributed by atoms with E-state index in [1.807, 2.05) is 46.7 Å². The summed E-state index contributed by atoms with van der Waals surface area (Å²) in [4.78, 5) is 14.4. The Hall–Kier alpha value is -2.91. The molecule has 0 atom stereocenters. The lowest BCUT2D eigenvalue weighted by atomic mass is 10.2. The maximum atomic E-state index is 14.5. The highest BCUT2D eigenvalue weighted by Crippen LogP contribution is 2.24. The van der Waals surface area contributed by atoms with E-state index < -0.39 is 0 Å². The van der Waals surface area contributed by atoms with Crippen LogP contribution in [0.25, 0.3) is 0 Å². The minimum Gasteiger partial charge on any atom is -0.378 e. The van der Waals surface area contributed by atoms with Crippen molar-refractivity contribution in [2.75, 3.05) is 42.3 Å². The van der Waals surface area contributed by atoms with Crippen molar-refractivity contribution in [2.24, 2.45) is 0 Å². The van der Waals surface area contributed by atoms with Gasteiger partial charge in [0, 0.05) is 18.8 Å². The van der Waals surface area contributed by atoms with Gasteiger partial charge in [0.25, 0.3) is 0 Å². The molecule has 3 aromatic rings. The maximum absolute atomic E-state index is 14.5. The fourth-order valence-electron chi connectivity index (χ4n) is 3.39. The number of aryl methyl sites for hydroxylation is 1. The van der Waals surface area contributed by atoms with E-state index in [1.165, 1.54) is 17.8 Å². The highest BCUT2D eigenvalue weighted by Gasteiger charge is 2.16. The third-order valence-electron chi connectivity index (χ3n) is 5.00. The molecule has 31 heavy (non-hydrogen) atoms. The van der Waals surface area contributed by atoms with E-state index >= 15 is 0 Å². The van der Waals surface area contributed by atoms with Crippen LogP contribution in [0.15, 0.2) is 53.7 Å². The molecule has 1 N–H and O–H groups in total. The molecule has 162 valence electrons. The van der Waals surface area contributed by atoms with Gasteiger partial charge in [0.1, 0.15) is 11.6 Å². The number of thioether (sulfide) groups is 1. The van der Waals surface area contributed by atoms with E-state index in [0.29, 0.717) is 49.4 Å². The number of aromatic nitrogens is 3. The van der Waals surface area contributed by atoms with E-state index in [1.54, 1.807) is 12.1 Å². The average Bonchev–Trinajstić information content (AvgIpc) is 3.13. The van der Waals surface area contributed by atoms with Gasteiger partial charge in [0.15, 0.2) is 5.16 Å². The largest absolute Gasteiger partial charge is 0.378 e. The second-order valence-corrected chi connectivity index (χ2v) is 8.15. The summed E-state index contributed by atoms with van der Waals surface area (Å²) < 4.78 is 21.8. The first-order valence-electron chi connectivity index (χ1n) is 10.1. The Kier molecular flexibility index (Phi) is 6.83. The first-order valence-corrected chi connectivity index (χ1v) is 11.1. The molecular weight excluding hydrogens is 417 g/mol. The van der Waals surface area contributed by atoms with E-state index in [4.69, 9.17) is 4.74 Å². The number of ether oxygens (including phenoxy) is 1. The minimum absolute atomic E-state index is 0.153. The molecule has 1 aliphatic heterocycles. The molecule has 0 unspecified atom stereocenters. The summed E-state index contributed by atoms with van der Waals surface area (Å²) in [5.74, 6) is 0.355. The summed E-state index contributed by atoms with van der Waals surface area (Å²) in [6, 6.07) is 14.8. The predicted molar refractivity (Wildman–Crippen MR) is 119 cm³/mol. The molecule has 0 bridgehead atoms. The van der Waals surface area contributed by atoms with Gasteiger partial charge in [-0.2, -0.15) is 0 Å². The zero-order valence-electron chi connectivity index (χ0n) is 17.3. The Morgan fingerprint density at radius 2 is 1.94 bits per heavy atom. The van der Waals surface area contributed by atoms with Crippen LogP contribution in [-0.2, 0) is 16.1 Å². The number of hydrogen-bond acceptors (Lipinski definition) is 6. The molecule has 1 saturated heterocycles. The number of hydrogen-bond donors (Lipinski definition) is 1. The topological polar surface area (TPSA) is 72.3 Å². The summed E-state index contributed by atoms with van der Waals surface area (Å²) in [6.45, 7) is 5.01. The Morgan fingerprint density at radius 3 is 2.68 bits per heavy atom. The fourth-order valence-corrected chi connectivity index (χ4v) is 4.17. The molecule has 1 aromatic heterocycles. The van der Waals surface area contributed by atoms with Gasteiger partial charge in [0.2, 0.25) is 5.91 Å². The van der Waals surface area contributed by atoms with Crippen molar-refractivity contribution in [2.45, 2.75) is 18.6 Å². The number of nitrogens with zero attached hydrogens (tertiary/aromatic N) is 4. The summed E-state index contributed by atoms with van der Waals surface area (Å²) >= 11 is 1.31. The average molecular weight is 442 g/mol. The van der Waals surface area contributed by atoms with E-state index in [0.717, 1.165) is 11.4 Å². The molecule has 9 heteroatoms. The molecular formula is C22H24FN5O2S. The number of anilines is 2. The quantitative estimate of drug-likeness (QED) is 0.567. The van der Waals surface area contributed by atoms with Gasteiger partial charge in [-0.05, 0) is 30.7 Å². The monoisotopic (exact) mass is 441 g/mol. The predicted octanol–water partition coefficient (Wildman–Crippen LogP) is 3.34. The smallest absolute Gasteiger partial charge is 0.234 e. The summed E-state index contributed by atoms with van der Waals surface area (Å²) in [6.07, 6.45) is 0. The number of carbonyl (C=O) groups is 1. The van der Waals surface area contributed by atoms with Gasteiger partial charge >= 0.3 is 0 Å². The summed E-state index contributed by atoms with van der Waals surface area (Å²) in [7, 11) is 0. The number of carbonyl (C=O) groups excluding carboxylic acids is 1. The lowest BCUT2D eigenvalue weighted by Gasteiger charge is -2.29. The molecule has 2 aromatic carbocycles. The Morgan fingerprint density at radius 1 is 1.16 bits per heavy atom. The molecule has 1 amide bonds. The van der Waals surface area contributed by atoms with Crippen molar-refractivity contribution < 1.29 is 13.9 Å². The molecule has 0 saturated carbocycles. The number of benzene rings is 2. The van der Waals surface area contributed by atoms with Crippen LogP contribution in [-0.4, -0.2) is 52.7 Å². The van der Waals surface area contributed by atoms with Crippen LogP contribution in [0.1, 0.15) is 11.4 Å². The lowest BCUT2D eigenvalue weighted by molar-refractivity contribution is -0.113. The first-order chi connectivity index (χ1) is 15.1. The molecule has 0 radical (unpaired) electrons. The van der Waals surface area contributed by atoms with Gasteiger partial charge in [-0.15, -0.1) is 10.2 Å². The number of amides is 1. The highest BCUT2D eigenvalue weighted by atomic mass is 32.2. The van der Waals surface area contributed by atoms with Gasteiger partial charge in [-0.1, -0.05) is 42.1 Å². The summed E-state index contributed by atoms with van der Waals surface area (Å²) in [5.41, 5.74) is 2.09. The van der Waals surface area contributed by atoms with Crippen molar-refractivity contribution in [3.63, 3.8) is 0 Å².